The first kappa shape index (κ1) is 24.8. The Bertz CT molecular complexity index is 1060. The first-order chi connectivity index (χ1) is 16.6. The van der Waals surface area contributed by atoms with Crippen LogP contribution in [0.25, 0.3) is 11.1 Å². The average Bonchev–Trinajstić information content (AvgIpc) is 3.38. The summed E-state index contributed by atoms with van der Waals surface area (Å²) in [6, 6.07) is 15.6. The van der Waals surface area contributed by atoms with Crippen LogP contribution in [0.3, 0.4) is 0 Å². The molecule has 7 nitrogen and oxygen atoms in total. The van der Waals surface area contributed by atoms with Crippen molar-refractivity contribution < 1.29 is 24.2 Å². The van der Waals surface area contributed by atoms with Crippen molar-refractivity contribution in [2.75, 3.05) is 19.7 Å². The highest BCUT2D eigenvalue weighted by Gasteiger charge is 2.35. The van der Waals surface area contributed by atoms with Crippen LogP contribution in [0.4, 0.5) is 4.79 Å². The average molecular weight is 479 g/mol. The summed E-state index contributed by atoms with van der Waals surface area (Å²) in [5.41, 5.74) is 4.37. The molecule has 2 atom stereocenters. The largest absolute Gasteiger partial charge is 0.481 e. The molecule has 0 radical (unpaired) electrons. The van der Waals surface area contributed by atoms with Crippen molar-refractivity contribution in [1.82, 2.24) is 10.2 Å². The molecule has 0 saturated carbocycles. The van der Waals surface area contributed by atoms with Gasteiger partial charge in [0.15, 0.2) is 0 Å². The minimum Gasteiger partial charge on any atom is -0.481 e. The minimum absolute atomic E-state index is 0.0491. The number of nitrogens with one attached hydrogen (secondary N) is 1. The van der Waals surface area contributed by atoms with E-state index in [-0.39, 0.29) is 36.2 Å². The van der Waals surface area contributed by atoms with E-state index in [1.165, 1.54) is 0 Å². The van der Waals surface area contributed by atoms with E-state index in [4.69, 9.17) is 9.84 Å². The van der Waals surface area contributed by atoms with Crippen molar-refractivity contribution >= 4 is 18.0 Å². The maximum Gasteiger partial charge on any atom is 0.407 e. The van der Waals surface area contributed by atoms with Crippen LogP contribution >= 0.6 is 0 Å². The number of nitrogens with zero attached hydrogens (tertiary/aromatic N) is 1. The van der Waals surface area contributed by atoms with Crippen molar-refractivity contribution in [1.29, 1.82) is 0 Å². The molecule has 1 heterocycles. The summed E-state index contributed by atoms with van der Waals surface area (Å²) >= 11 is 0. The maximum atomic E-state index is 13.3. The normalized spacial score (nSPS) is 18.0. The van der Waals surface area contributed by atoms with Gasteiger partial charge >= 0.3 is 12.1 Å². The topological polar surface area (TPSA) is 95.9 Å². The molecule has 1 aliphatic heterocycles. The molecule has 7 heteroatoms. The van der Waals surface area contributed by atoms with Gasteiger partial charge in [-0.25, -0.2) is 4.79 Å². The van der Waals surface area contributed by atoms with Crippen molar-refractivity contribution in [3.05, 3.63) is 59.7 Å². The van der Waals surface area contributed by atoms with Gasteiger partial charge in [-0.05, 0) is 46.4 Å². The number of likely N-dealkylation sites (tertiary alicyclic amines) is 1. The minimum atomic E-state index is -0.854. The lowest BCUT2D eigenvalue weighted by molar-refractivity contribution is -0.138. The molecule has 186 valence electrons. The third-order valence-corrected chi connectivity index (χ3v) is 6.81. The number of aliphatic carboxylic acids is 1. The molecule has 0 spiro atoms. The highest BCUT2D eigenvalue weighted by molar-refractivity contribution is 5.86. The maximum absolute atomic E-state index is 13.3. The Kier molecular flexibility index (Phi) is 7.15. The summed E-state index contributed by atoms with van der Waals surface area (Å²) < 4.78 is 5.67. The second kappa shape index (κ2) is 10.1. The second-order valence-corrected chi connectivity index (χ2v) is 10.8. The summed E-state index contributed by atoms with van der Waals surface area (Å²) in [6.45, 7) is 7.14. The van der Waals surface area contributed by atoms with E-state index < -0.39 is 18.1 Å². The third-order valence-electron chi connectivity index (χ3n) is 6.81. The van der Waals surface area contributed by atoms with Gasteiger partial charge in [-0.2, -0.15) is 0 Å². The fourth-order valence-electron chi connectivity index (χ4n) is 5.26. The van der Waals surface area contributed by atoms with Gasteiger partial charge in [0.2, 0.25) is 5.91 Å². The van der Waals surface area contributed by atoms with Crippen LogP contribution in [-0.2, 0) is 14.3 Å². The Morgan fingerprint density at radius 2 is 1.66 bits per heavy atom. The lowest BCUT2D eigenvalue weighted by Gasteiger charge is -2.29. The number of benzene rings is 2. The van der Waals surface area contributed by atoms with E-state index in [1.807, 2.05) is 45.0 Å². The van der Waals surface area contributed by atoms with Gasteiger partial charge in [0.25, 0.3) is 0 Å². The van der Waals surface area contributed by atoms with Gasteiger partial charge in [0.1, 0.15) is 12.6 Å². The predicted molar refractivity (Wildman–Crippen MR) is 133 cm³/mol. The summed E-state index contributed by atoms with van der Waals surface area (Å²) in [7, 11) is 0. The zero-order valence-electron chi connectivity index (χ0n) is 20.6. The van der Waals surface area contributed by atoms with E-state index in [9.17, 15) is 14.4 Å². The van der Waals surface area contributed by atoms with Crippen molar-refractivity contribution in [2.24, 2.45) is 11.3 Å². The van der Waals surface area contributed by atoms with Gasteiger partial charge < -0.3 is 20.1 Å². The number of amides is 2. The lowest BCUT2D eigenvalue weighted by atomic mass is 9.87. The first-order valence-corrected chi connectivity index (χ1v) is 12.2. The number of carbonyl (C=O) groups is 3. The van der Waals surface area contributed by atoms with Crippen LogP contribution in [0, 0.1) is 11.3 Å². The summed E-state index contributed by atoms with van der Waals surface area (Å²) in [5.74, 6) is -1.14. The van der Waals surface area contributed by atoms with Crippen LogP contribution in [-0.4, -0.2) is 53.7 Å². The van der Waals surface area contributed by atoms with E-state index in [2.05, 4.69) is 29.6 Å². The number of carboxylic acids is 1. The number of alkyl carbamates (subject to hydrolysis) is 1. The number of ether oxygens (including phenoxy) is 1. The molecule has 1 aliphatic carbocycles. The van der Waals surface area contributed by atoms with Gasteiger partial charge in [0.05, 0.1) is 0 Å². The van der Waals surface area contributed by atoms with Crippen molar-refractivity contribution in [3.63, 3.8) is 0 Å². The molecule has 2 aliphatic rings. The number of carbonyl (C=O) groups excluding carboxylic acids is 2. The highest BCUT2D eigenvalue weighted by Crippen LogP contribution is 2.44. The molecule has 2 unspecified atom stereocenters. The van der Waals surface area contributed by atoms with Crippen molar-refractivity contribution in [3.8, 4) is 11.1 Å². The fourth-order valence-corrected chi connectivity index (χ4v) is 5.26. The molecule has 2 N–H and O–H groups in total. The Balaban J connectivity index is 1.42. The highest BCUT2D eigenvalue weighted by atomic mass is 16.5. The Morgan fingerprint density at radius 1 is 1.06 bits per heavy atom. The van der Waals surface area contributed by atoms with Crippen LogP contribution in [0.2, 0.25) is 0 Å². The number of rotatable bonds is 7. The standard InChI is InChI=1S/C28H34N2O5/c1-28(2,3)15-24(26(33)30-13-12-18(16-30)14-25(31)32)29-27(34)35-17-23-21-10-6-4-8-19(21)20-9-5-7-11-22(20)23/h4-11,18,23-24H,12-17H2,1-3H3,(H,29,34)(H,31,32). The number of hydrogen-bond acceptors (Lipinski definition) is 4. The zero-order valence-corrected chi connectivity index (χ0v) is 20.6. The molecule has 0 bridgehead atoms. The molecule has 4 rings (SSSR count). The van der Waals surface area contributed by atoms with Gasteiger partial charge in [-0.3, -0.25) is 9.59 Å². The van der Waals surface area contributed by atoms with Crippen molar-refractivity contribution in [2.45, 2.75) is 52.0 Å². The van der Waals surface area contributed by atoms with Gasteiger partial charge in [0, 0.05) is 25.4 Å². The fraction of sp³-hybridized carbons (Fsp3) is 0.464. The van der Waals surface area contributed by atoms with E-state index >= 15 is 0 Å². The molecule has 0 aromatic heterocycles. The predicted octanol–water partition coefficient (Wildman–Crippen LogP) is 4.65. The van der Waals surface area contributed by atoms with Crippen LogP contribution < -0.4 is 5.32 Å². The molecule has 2 aromatic carbocycles. The third kappa shape index (κ3) is 5.84. The Hall–Kier alpha value is -3.35. The zero-order chi connectivity index (χ0) is 25.2. The lowest BCUT2D eigenvalue weighted by Crippen LogP contribution is -2.49. The molecule has 1 fully saturated rings. The number of fused-ring (bicyclic) bond motifs is 3. The van der Waals surface area contributed by atoms with E-state index in [0.717, 1.165) is 22.3 Å². The molecular formula is C28H34N2O5. The smallest absolute Gasteiger partial charge is 0.407 e. The molecule has 1 saturated heterocycles. The molecular weight excluding hydrogens is 444 g/mol. The molecule has 35 heavy (non-hydrogen) atoms. The Morgan fingerprint density at radius 3 is 2.23 bits per heavy atom. The van der Waals surface area contributed by atoms with Crippen LogP contribution in [0.5, 0.6) is 0 Å². The quantitative estimate of drug-likeness (QED) is 0.604. The number of carboxylic acid groups (broad SMARTS) is 1. The van der Waals surface area contributed by atoms with Gasteiger partial charge in [-0.1, -0.05) is 69.3 Å². The van der Waals surface area contributed by atoms with Crippen LogP contribution in [0.15, 0.2) is 48.5 Å². The monoisotopic (exact) mass is 478 g/mol. The second-order valence-electron chi connectivity index (χ2n) is 10.8. The number of hydrogen-bond donors (Lipinski definition) is 2. The summed E-state index contributed by atoms with van der Waals surface area (Å²) in [4.78, 5) is 38.9. The van der Waals surface area contributed by atoms with Gasteiger partial charge in [-0.15, -0.1) is 0 Å². The van der Waals surface area contributed by atoms with E-state index in [1.54, 1.807) is 4.90 Å². The van der Waals surface area contributed by atoms with E-state index in [0.29, 0.717) is 25.9 Å². The summed E-state index contributed by atoms with van der Waals surface area (Å²) in [5, 5.41) is 11.9. The SMILES string of the molecule is CC(C)(C)CC(NC(=O)OCC1c2ccccc2-c2ccccc21)C(=O)N1CCC(CC(=O)O)C1. The molecule has 2 aromatic rings. The first-order valence-electron chi connectivity index (χ1n) is 12.2. The molecule has 2 amide bonds. The van der Waals surface area contributed by atoms with Crippen LogP contribution in [0.1, 0.15) is 57.1 Å². The Labute approximate surface area is 206 Å². The summed E-state index contributed by atoms with van der Waals surface area (Å²) in [6.07, 6.45) is 0.547.